The molecule has 0 spiro atoms. The van der Waals surface area contributed by atoms with Crippen LogP contribution >= 0.6 is 11.6 Å². The summed E-state index contributed by atoms with van der Waals surface area (Å²) in [5, 5.41) is 14.1. The molecule has 1 N–H and O–H groups in total. The summed E-state index contributed by atoms with van der Waals surface area (Å²) in [5.74, 6) is -1.33. The quantitative estimate of drug-likeness (QED) is 0.505. The fourth-order valence-corrected chi connectivity index (χ4v) is 2.04. The highest BCUT2D eigenvalue weighted by molar-refractivity contribution is 6.30. The number of benzene rings is 2. The molecule has 0 bridgehead atoms. The second-order valence-electron chi connectivity index (χ2n) is 4.71. The molecule has 0 heterocycles. The van der Waals surface area contributed by atoms with Crippen molar-refractivity contribution in [1.82, 2.24) is 0 Å². The van der Waals surface area contributed by atoms with Crippen LogP contribution in [0.2, 0.25) is 5.02 Å². The molecule has 2 aromatic rings. The fourth-order valence-electron chi connectivity index (χ4n) is 1.92. The normalized spacial score (nSPS) is 10.1. The number of non-ortho nitro benzene ring substituents is 1. The Bertz CT molecular complexity index is 790. The summed E-state index contributed by atoms with van der Waals surface area (Å²) in [6.45, 7) is 1.73. The molecule has 0 fully saturated rings. The van der Waals surface area contributed by atoms with Crippen LogP contribution in [0.25, 0.3) is 0 Å². The lowest BCUT2D eigenvalue weighted by molar-refractivity contribution is -0.384. The molecule has 0 saturated carbocycles. The van der Waals surface area contributed by atoms with Gasteiger partial charge in [-0.25, -0.2) is 4.79 Å². The number of halogens is 1. The molecule has 1 amide bonds. The monoisotopic (exact) mass is 348 g/mol. The van der Waals surface area contributed by atoms with E-state index in [9.17, 15) is 19.7 Å². The second kappa shape index (κ2) is 7.56. The molecule has 8 heteroatoms. The molecule has 24 heavy (non-hydrogen) atoms. The third-order valence-electron chi connectivity index (χ3n) is 3.00. The molecule has 7 nitrogen and oxygen atoms in total. The van der Waals surface area contributed by atoms with Gasteiger partial charge < -0.3 is 10.1 Å². The lowest BCUT2D eigenvalue weighted by atomic mass is 10.1. The van der Waals surface area contributed by atoms with Gasteiger partial charge in [-0.3, -0.25) is 14.9 Å². The van der Waals surface area contributed by atoms with E-state index in [1.165, 1.54) is 6.07 Å². The molecular weight excluding hydrogens is 336 g/mol. The number of amides is 1. The van der Waals surface area contributed by atoms with Crippen molar-refractivity contribution < 1.29 is 19.2 Å². The van der Waals surface area contributed by atoms with E-state index in [4.69, 9.17) is 16.3 Å². The van der Waals surface area contributed by atoms with E-state index < -0.39 is 16.8 Å². The lowest BCUT2D eigenvalue weighted by Gasteiger charge is -2.07. The van der Waals surface area contributed by atoms with E-state index in [0.29, 0.717) is 10.7 Å². The van der Waals surface area contributed by atoms with Crippen molar-refractivity contribution in [3.63, 3.8) is 0 Å². The highest BCUT2D eigenvalue weighted by atomic mass is 35.5. The van der Waals surface area contributed by atoms with E-state index in [0.717, 1.165) is 12.1 Å². The summed E-state index contributed by atoms with van der Waals surface area (Å²) >= 11 is 5.77. The van der Waals surface area contributed by atoms with Gasteiger partial charge in [-0.1, -0.05) is 11.6 Å². The van der Waals surface area contributed by atoms with Gasteiger partial charge in [0.25, 0.3) is 11.6 Å². The van der Waals surface area contributed by atoms with Crippen LogP contribution in [0.3, 0.4) is 0 Å². The van der Waals surface area contributed by atoms with Crippen molar-refractivity contribution >= 4 is 34.9 Å². The van der Waals surface area contributed by atoms with E-state index >= 15 is 0 Å². The highest BCUT2D eigenvalue weighted by Gasteiger charge is 2.18. The molecule has 0 aliphatic carbocycles. The zero-order valence-electron chi connectivity index (χ0n) is 12.6. The Labute approximate surface area is 142 Å². The smallest absolute Gasteiger partial charge is 0.338 e. The largest absolute Gasteiger partial charge is 0.462 e. The minimum absolute atomic E-state index is 0.0257. The Morgan fingerprint density at radius 2 is 1.79 bits per heavy atom. The van der Waals surface area contributed by atoms with E-state index in [1.54, 1.807) is 31.2 Å². The van der Waals surface area contributed by atoms with E-state index in [2.05, 4.69) is 5.32 Å². The molecule has 0 unspecified atom stereocenters. The first kappa shape index (κ1) is 17.4. The fraction of sp³-hybridized carbons (Fsp3) is 0.125. The maximum Gasteiger partial charge on any atom is 0.338 e. The number of carbonyl (C=O) groups excluding carboxylic acids is 2. The first-order chi connectivity index (χ1) is 11.4. The number of rotatable bonds is 5. The van der Waals surface area contributed by atoms with Crippen LogP contribution in [0.5, 0.6) is 0 Å². The van der Waals surface area contributed by atoms with Crippen LogP contribution in [-0.4, -0.2) is 23.4 Å². The predicted octanol–water partition coefficient (Wildman–Crippen LogP) is 3.68. The predicted molar refractivity (Wildman–Crippen MR) is 88.5 cm³/mol. The van der Waals surface area contributed by atoms with Gasteiger partial charge in [-0.05, 0) is 37.3 Å². The van der Waals surface area contributed by atoms with Gasteiger partial charge in [0, 0.05) is 28.4 Å². The Balaban J connectivity index is 2.33. The van der Waals surface area contributed by atoms with Crippen molar-refractivity contribution in [3.8, 4) is 0 Å². The van der Waals surface area contributed by atoms with Crippen molar-refractivity contribution in [2.45, 2.75) is 6.92 Å². The maximum atomic E-state index is 12.3. The van der Waals surface area contributed by atoms with Crippen LogP contribution in [0.15, 0.2) is 42.5 Å². The third kappa shape index (κ3) is 4.30. The minimum atomic E-state index is -0.734. The number of esters is 1. The molecule has 0 atom stereocenters. The molecule has 0 aromatic heterocycles. The number of hydrogen-bond donors (Lipinski definition) is 1. The van der Waals surface area contributed by atoms with Gasteiger partial charge in [0.1, 0.15) is 0 Å². The zero-order valence-corrected chi connectivity index (χ0v) is 13.4. The minimum Gasteiger partial charge on any atom is -0.462 e. The van der Waals surface area contributed by atoms with Gasteiger partial charge >= 0.3 is 5.97 Å². The van der Waals surface area contributed by atoms with Gasteiger partial charge in [0.2, 0.25) is 0 Å². The summed E-state index contributed by atoms with van der Waals surface area (Å²) in [5.41, 5.74) is 0.00455. The third-order valence-corrected chi connectivity index (χ3v) is 3.26. The molecular formula is C16H13ClN2O5. The van der Waals surface area contributed by atoms with Gasteiger partial charge in [0.15, 0.2) is 0 Å². The maximum absolute atomic E-state index is 12.3. The second-order valence-corrected chi connectivity index (χ2v) is 5.14. The van der Waals surface area contributed by atoms with Crippen molar-refractivity contribution in [3.05, 3.63) is 68.7 Å². The molecule has 2 aromatic carbocycles. The Hall–Kier alpha value is -2.93. The van der Waals surface area contributed by atoms with Gasteiger partial charge in [-0.2, -0.15) is 0 Å². The zero-order chi connectivity index (χ0) is 17.7. The molecule has 0 aliphatic heterocycles. The van der Waals surface area contributed by atoms with Crippen LogP contribution in [0.4, 0.5) is 11.4 Å². The summed E-state index contributed by atoms with van der Waals surface area (Å²) < 4.78 is 4.82. The van der Waals surface area contributed by atoms with Crippen LogP contribution in [0, 0.1) is 10.1 Å². The van der Waals surface area contributed by atoms with Crippen molar-refractivity contribution in [2.75, 3.05) is 11.9 Å². The topological polar surface area (TPSA) is 98.5 Å². The number of nitrogens with one attached hydrogen (secondary N) is 1. The van der Waals surface area contributed by atoms with Crippen LogP contribution < -0.4 is 5.32 Å². The molecule has 0 aliphatic rings. The SMILES string of the molecule is CCOC(=O)c1cc(C(=O)Nc2ccc(Cl)cc2)cc([N+](=O)[O-])c1. The average molecular weight is 349 g/mol. The lowest BCUT2D eigenvalue weighted by Crippen LogP contribution is -2.14. The number of anilines is 1. The summed E-state index contributed by atoms with van der Waals surface area (Å²) in [6.07, 6.45) is 0. The van der Waals surface area contributed by atoms with Gasteiger partial charge in [-0.15, -0.1) is 0 Å². The van der Waals surface area contributed by atoms with E-state index in [1.807, 2.05) is 0 Å². The molecule has 0 saturated heterocycles. The Kier molecular flexibility index (Phi) is 5.49. The van der Waals surface area contributed by atoms with Crippen LogP contribution in [0.1, 0.15) is 27.6 Å². The molecule has 0 radical (unpaired) electrons. The first-order valence-corrected chi connectivity index (χ1v) is 7.32. The summed E-state index contributed by atoms with van der Waals surface area (Å²) in [6, 6.07) is 9.76. The number of ether oxygens (including phenoxy) is 1. The first-order valence-electron chi connectivity index (χ1n) is 6.94. The Morgan fingerprint density at radius 1 is 1.17 bits per heavy atom. The molecule has 124 valence electrons. The molecule has 2 rings (SSSR count). The van der Waals surface area contributed by atoms with Crippen molar-refractivity contribution in [1.29, 1.82) is 0 Å². The summed E-state index contributed by atoms with van der Waals surface area (Å²) in [4.78, 5) is 34.4. The van der Waals surface area contributed by atoms with Crippen molar-refractivity contribution in [2.24, 2.45) is 0 Å². The van der Waals surface area contributed by atoms with E-state index in [-0.39, 0.29) is 23.4 Å². The standard InChI is InChI=1S/C16H13ClN2O5/c1-2-24-16(21)11-7-10(8-14(9-11)19(22)23)15(20)18-13-5-3-12(17)4-6-13/h3-9H,2H2,1H3,(H,18,20). The number of carbonyl (C=O) groups is 2. The summed E-state index contributed by atoms with van der Waals surface area (Å²) in [7, 11) is 0. The average Bonchev–Trinajstić information content (AvgIpc) is 2.56. The number of hydrogen-bond acceptors (Lipinski definition) is 5. The number of nitro benzene ring substituents is 1. The van der Waals surface area contributed by atoms with Crippen LogP contribution in [-0.2, 0) is 4.74 Å². The number of nitro groups is 1. The van der Waals surface area contributed by atoms with Gasteiger partial charge in [0.05, 0.1) is 17.1 Å². The number of nitrogens with zero attached hydrogens (tertiary/aromatic N) is 1. The highest BCUT2D eigenvalue weighted by Crippen LogP contribution is 2.20. The Morgan fingerprint density at radius 3 is 2.38 bits per heavy atom.